The molecule has 0 fully saturated rings. The standard InChI is InChI=1S/C21H19FN2O2/c1-12-6-5-7-13(2)20(12)24-15(4)23-19-11-18(22)16(9-8-14(3)25)10-17(19)21(24)26/h5-11H,1-4H3/b9-8+. The molecule has 5 heteroatoms. The smallest absolute Gasteiger partial charge is 0.266 e. The highest BCUT2D eigenvalue weighted by molar-refractivity contribution is 5.92. The van der Waals surface area contributed by atoms with E-state index in [2.05, 4.69) is 4.98 Å². The maximum atomic E-state index is 14.3. The largest absolute Gasteiger partial charge is 0.295 e. The minimum atomic E-state index is -0.522. The zero-order valence-electron chi connectivity index (χ0n) is 15.1. The molecule has 26 heavy (non-hydrogen) atoms. The molecule has 0 unspecified atom stereocenters. The van der Waals surface area contributed by atoms with Crippen molar-refractivity contribution in [2.45, 2.75) is 27.7 Å². The van der Waals surface area contributed by atoms with Gasteiger partial charge in [0.25, 0.3) is 5.56 Å². The van der Waals surface area contributed by atoms with Gasteiger partial charge in [-0.3, -0.25) is 14.2 Å². The number of allylic oxidation sites excluding steroid dienone is 1. The van der Waals surface area contributed by atoms with Crippen molar-refractivity contribution in [3.63, 3.8) is 0 Å². The number of aryl methyl sites for hydroxylation is 3. The number of carbonyl (C=O) groups is 1. The Kier molecular flexibility index (Phi) is 4.55. The van der Waals surface area contributed by atoms with Gasteiger partial charge in [-0.1, -0.05) is 18.2 Å². The summed E-state index contributed by atoms with van der Waals surface area (Å²) >= 11 is 0. The molecule has 0 atom stereocenters. The number of benzene rings is 2. The number of ketones is 1. The lowest BCUT2D eigenvalue weighted by Gasteiger charge is -2.16. The molecule has 0 spiro atoms. The molecule has 0 aliphatic carbocycles. The Labute approximate surface area is 150 Å². The Morgan fingerprint density at radius 3 is 2.42 bits per heavy atom. The van der Waals surface area contributed by atoms with Crippen molar-refractivity contribution >= 4 is 22.8 Å². The third kappa shape index (κ3) is 3.08. The van der Waals surface area contributed by atoms with Crippen LogP contribution in [0.2, 0.25) is 0 Å². The van der Waals surface area contributed by atoms with E-state index in [1.807, 2.05) is 32.0 Å². The Balaban J connectivity index is 2.35. The van der Waals surface area contributed by atoms with Gasteiger partial charge in [0.15, 0.2) is 5.78 Å². The Bertz CT molecular complexity index is 1110. The fourth-order valence-corrected chi connectivity index (χ4v) is 3.09. The molecule has 0 saturated carbocycles. The number of aromatic nitrogens is 2. The summed E-state index contributed by atoms with van der Waals surface area (Å²) in [4.78, 5) is 28.7. The molecule has 132 valence electrons. The Hall–Kier alpha value is -3.08. The highest BCUT2D eigenvalue weighted by atomic mass is 19.1. The molecule has 0 aliphatic rings. The van der Waals surface area contributed by atoms with E-state index in [4.69, 9.17) is 0 Å². The van der Waals surface area contributed by atoms with Gasteiger partial charge in [-0.2, -0.15) is 0 Å². The average Bonchev–Trinajstić information content (AvgIpc) is 2.55. The van der Waals surface area contributed by atoms with Gasteiger partial charge >= 0.3 is 0 Å². The van der Waals surface area contributed by atoms with Crippen LogP contribution in [0.15, 0.2) is 41.2 Å². The Morgan fingerprint density at radius 1 is 1.15 bits per heavy atom. The van der Waals surface area contributed by atoms with Crippen LogP contribution in [-0.2, 0) is 4.79 Å². The lowest BCUT2D eigenvalue weighted by atomic mass is 10.1. The van der Waals surface area contributed by atoms with Crippen LogP contribution < -0.4 is 5.56 Å². The minimum Gasteiger partial charge on any atom is -0.295 e. The highest BCUT2D eigenvalue weighted by Gasteiger charge is 2.15. The van der Waals surface area contributed by atoms with Crippen molar-refractivity contribution in [3.8, 4) is 5.69 Å². The van der Waals surface area contributed by atoms with Crippen LogP contribution in [0.3, 0.4) is 0 Å². The highest BCUT2D eigenvalue weighted by Crippen LogP contribution is 2.22. The van der Waals surface area contributed by atoms with Crippen molar-refractivity contribution in [2.75, 3.05) is 0 Å². The van der Waals surface area contributed by atoms with Crippen molar-refractivity contribution < 1.29 is 9.18 Å². The molecule has 0 saturated heterocycles. The van der Waals surface area contributed by atoms with E-state index in [1.165, 1.54) is 31.2 Å². The fourth-order valence-electron chi connectivity index (χ4n) is 3.09. The van der Waals surface area contributed by atoms with Crippen LogP contribution in [0.1, 0.15) is 29.4 Å². The van der Waals surface area contributed by atoms with Gasteiger partial charge in [0.05, 0.1) is 16.6 Å². The number of hydrogen-bond acceptors (Lipinski definition) is 3. The van der Waals surface area contributed by atoms with E-state index in [0.717, 1.165) is 16.8 Å². The quantitative estimate of drug-likeness (QED) is 0.670. The van der Waals surface area contributed by atoms with Crippen LogP contribution in [-0.4, -0.2) is 15.3 Å². The van der Waals surface area contributed by atoms with Gasteiger partial charge < -0.3 is 0 Å². The van der Waals surface area contributed by atoms with Crippen LogP contribution in [0.4, 0.5) is 4.39 Å². The topological polar surface area (TPSA) is 52.0 Å². The molecular formula is C21H19FN2O2. The zero-order chi connectivity index (χ0) is 19.0. The fraction of sp³-hybridized carbons (Fsp3) is 0.190. The van der Waals surface area contributed by atoms with Gasteiger partial charge in [-0.15, -0.1) is 0 Å². The minimum absolute atomic E-state index is 0.184. The maximum absolute atomic E-state index is 14.3. The summed E-state index contributed by atoms with van der Waals surface area (Å²) in [5, 5.41) is 0.308. The number of hydrogen-bond donors (Lipinski definition) is 0. The van der Waals surface area contributed by atoms with Gasteiger partial charge in [-0.25, -0.2) is 9.37 Å². The summed E-state index contributed by atoms with van der Waals surface area (Å²) in [6, 6.07) is 8.48. The molecule has 2 aromatic carbocycles. The number of nitrogens with zero attached hydrogens (tertiary/aromatic N) is 2. The summed E-state index contributed by atoms with van der Waals surface area (Å²) in [6.07, 6.45) is 2.65. The van der Waals surface area contributed by atoms with Crippen LogP contribution >= 0.6 is 0 Å². The first-order valence-electron chi connectivity index (χ1n) is 8.27. The van der Waals surface area contributed by atoms with Crippen LogP contribution in [0, 0.1) is 26.6 Å². The molecule has 0 N–H and O–H groups in total. The predicted molar refractivity (Wildman–Crippen MR) is 101 cm³/mol. The second-order valence-electron chi connectivity index (χ2n) is 6.37. The van der Waals surface area contributed by atoms with E-state index in [0.29, 0.717) is 16.7 Å². The summed E-state index contributed by atoms with van der Waals surface area (Å²) in [5.41, 5.74) is 2.92. The van der Waals surface area contributed by atoms with Crippen molar-refractivity contribution in [1.82, 2.24) is 9.55 Å². The van der Waals surface area contributed by atoms with Gasteiger partial charge in [0.1, 0.15) is 11.6 Å². The molecule has 0 aliphatic heterocycles. The zero-order valence-corrected chi connectivity index (χ0v) is 15.1. The molecule has 0 radical (unpaired) electrons. The van der Waals surface area contributed by atoms with Crippen molar-refractivity contribution in [2.24, 2.45) is 0 Å². The normalized spacial score (nSPS) is 11.4. The van der Waals surface area contributed by atoms with E-state index < -0.39 is 5.82 Å². The number of carbonyl (C=O) groups excluding carboxylic acids is 1. The number of halogens is 1. The second-order valence-corrected chi connectivity index (χ2v) is 6.37. The molecule has 0 amide bonds. The van der Waals surface area contributed by atoms with Gasteiger partial charge in [0, 0.05) is 11.6 Å². The van der Waals surface area contributed by atoms with Gasteiger partial charge in [-0.05, 0) is 57.0 Å². The third-order valence-electron chi connectivity index (χ3n) is 4.32. The van der Waals surface area contributed by atoms with E-state index in [9.17, 15) is 14.0 Å². The van der Waals surface area contributed by atoms with E-state index in [1.54, 1.807) is 11.5 Å². The SMILES string of the molecule is CC(=O)/C=C/c1cc2c(=O)n(-c3c(C)cccc3C)c(C)nc2cc1F. The summed E-state index contributed by atoms with van der Waals surface area (Å²) in [7, 11) is 0. The van der Waals surface area contributed by atoms with Crippen molar-refractivity contribution in [1.29, 1.82) is 0 Å². The summed E-state index contributed by atoms with van der Waals surface area (Å²) < 4.78 is 15.8. The molecule has 4 nitrogen and oxygen atoms in total. The third-order valence-corrected chi connectivity index (χ3v) is 4.32. The average molecular weight is 350 g/mol. The molecular weight excluding hydrogens is 331 g/mol. The summed E-state index contributed by atoms with van der Waals surface area (Å²) in [5.74, 6) is -0.225. The Morgan fingerprint density at radius 2 is 1.81 bits per heavy atom. The first-order chi connectivity index (χ1) is 12.3. The molecule has 3 aromatic rings. The second kappa shape index (κ2) is 6.67. The maximum Gasteiger partial charge on any atom is 0.266 e. The number of para-hydroxylation sites is 1. The summed E-state index contributed by atoms with van der Waals surface area (Å²) in [6.45, 7) is 6.98. The molecule has 3 rings (SSSR count). The lowest BCUT2D eigenvalue weighted by molar-refractivity contribution is -0.112. The van der Waals surface area contributed by atoms with Crippen LogP contribution in [0.5, 0.6) is 0 Å². The van der Waals surface area contributed by atoms with E-state index >= 15 is 0 Å². The number of rotatable bonds is 3. The monoisotopic (exact) mass is 350 g/mol. The number of fused-ring (bicyclic) bond motifs is 1. The van der Waals surface area contributed by atoms with Crippen molar-refractivity contribution in [3.05, 3.63) is 75.1 Å². The molecule has 1 heterocycles. The lowest BCUT2D eigenvalue weighted by Crippen LogP contribution is -2.24. The first kappa shape index (κ1) is 17.7. The molecule has 1 aromatic heterocycles. The van der Waals surface area contributed by atoms with Crippen LogP contribution in [0.25, 0.3) is 22.7 Å². The first-order valence-corrected chi connectivity index (χ1v) is 8.27. The van der Waals surface area contributed by atoms with Gasteiger partial charge in [0.2, 0.25) is 0 Å². The predicted octanol–water partition coefficient (Wildman–Crippen LogP) is 4.05. The molecule has 0 bridgehead atoms. The van der Waals surface area contributed by atoms with E-state index in [-0.39, 0.29) is 16.9 Å².